The highest BCUT2D eigenvalue weighted by molar-refractivity contribution is 5.86. The van der Waals surface area contributed by atoms with Crippen molar-refractivity contribution in [1.29, 1.82) is 0 Å². The topological polar surface area (TPSA) is 51.9 Å². The number of rotatable bonds is 5. The van der Waals surface area contributed by atoms with Gasteiger partial charge in [0.05, 0.1) is 18.2 Å². The van der Waals surface area contributed by atoms with Crippen LogP contribution in [0.5, 0.6) is 11.5 Å². The number of benzene rings is 3. The molecular weight excluding hydrogens is 390 g/mol. The van der Waals surface area contributed by atoms with Crippen LogP contribution in [0.3, 0.4) is 0 Å². The molecule has 2 heterocycles. The number of nitrogens with zero attached hydrogens (tertiary/aromatic N) is 1. The van der Waals surface area contributed by atoms with Crippen LogP contribution in [0.2, 0.25) is 0 Å². The number of para-hydroxylation sites is 1. The van der Waals surface area contributed by atoms with Crippen LogP contribution in [-0.2, 0) is 13.0 Å². The molecule has 156 valence electrons. The van der Waals surface area contributed by atoms with Gasteiger partial charge in [-0.05, 0) is 41.8 Å². The van der Waals surface area contributed by atoms with E-state index in [0.29, 0.717) is 24.4 Å². The summed E-state index contributed by atoms with van der Waals surface area (Å²) in [6.07, 6.45) is 0.843. The van der Waals surface area contributed by atoms with Crippen molar-refractivity contribution in [2.75, 3.05) is 20.4 Å². The van der Waals surface area contributed by atoms with E-state index in [0.717, 1.165) is 46.5 Å². The van der Waals surface area contributed by atoms with Gasteiger partial charge in [-0.2, -0.15) is 0 Å². The first-order valence-corrected chi connectivity index (χ1v) is 10.3. The van der Waals surface area contributed by atoms with Gasteiger partial charge in [-0.15, -0.1) is 0 Å². The Labute approximate surface area is 180 Å². The van der Waals surface area contributed by atoms with Crippen LogP contribution in [0.4, 0.5) is 0 Å². The Kier molecular flexibility index (Phi) is 5.18. The van der Waals surface area contributed by atoms with Crippen molar-refractivity contribution in [3.05, 3.63) is 94.3 Å². The first-order valence-electron chi connectivity index (χ1n) is 10.3. The zero-order valence-electron chi connectivity index (χ0n) is 17.3. The van der Waals surface area contributed by atoms with Crippen molar-refractivity contribution >= 4 is 11.0 Å². The Bertz CT molecular complexity index is 1280. The zero-order chi connectivity index (χ0) is 21.2. The van der Waals surface area contributed by atoms with Gasteiger partial charge in [0.15, 0.2) is 0 Å². The monoisotopic (exact) mass is 413 g/mol. The third-order valence-corrected chi connectivity index (χ3v) is 5.72. The lowest BCUT2D eigenvalue weighted by Gasteiger charge is -2.29. The maximum atomic E-state index is 12.7. The Morgan fingerprint density at radius 1 is 1.00 bits per heavy atom. The first kappa shape index (κ1) is 19.4. The summed E-state index contributed by atoms with van der Waals surface area (Å²) in [4.78, 5) is 15.0. The van der Waals surface area contributed by atoms with Gasteiger partial charge >= 0.3 is 5.63 Å². The largest absolute Gasteiger partial charge is 0.496 e. The van der Waals surface area contributed by atoms with Gasteiger partial charge in [-0.25, -0.2) is 4.79 Å². The van der Waals surface area contributed by atoms with Crippen molar-refractivity contribution in [2.24, 2.45) is 0 Å². The number of hydrogen-bond acceptors (Lipinski definition) is 5. The third-order valence-electron chi connectivity index (χ3n) is 5.72. The maximum Gasteiger partial charge on any atom is 0.344 e. The summed E-state index contributed by atoms with van der Waals surface area (Å²) in [5.74, 6) is 1.67. The SMILES string of the molecule is COc1ccccc1CCN1COc2ccc3cc(-c4ccccc4)c(=O)oc3c2C1. The molecule has 0 unspecified atom stereocenters. The highest BCUT2D eigenvalue weighted by Gasteiger charge is 2.22. The molecule has 0 bridgehead atoms. The predicted molar refractivity (Wildman–Crippen MR) is 121 cm³/mol. The minimum absolute atomic E-state index is 0.335. The highest BCUT2D eigenvalue weighted by Crippen LogP contribution is 2.33. The molecular formula is C26H23NO4. The molecule has 5 nitrogen and oxygen atoms in total. The molecule has 4 aromatic rings. The van der Waals surface area contributed by atoms with E-state index in [4.69, 9.17) is 13.9 Å². The summed E-state index contributed by atoms with van der Waals surface area (Å²) in [6, 6.07) is 23.5. The van der Waals surface area contributed by atoms with Crippen LogP contribution in [0.25, 0.3) is 22.1 Å². The van der Waals surface area contributed by atoms with Crippen molar-refractivity contribution < 1.29 is 13.9 Å². The van der Waals surface area contributed by atoms with E-state index < -0.39 is 0 Å². The second-order valence-electron chi connectivity index (χ2n) is 7.66. The molecule has 0 N–H and O–H groups in total. The summed E-state index contributed by atoms with van der Waals surface area (Å²) >= 11 is 0. The Morgan fingerprint density at radius 2 is 1.81 bits per heavy atom. The minimum Gasteiger partial charge on any atom is -0.496 e. The van der Waals surface area contributed by atoms with Crippen molar-refractivity contribution in [3.8, 4) is 22.6 Å². The van der Waals surface area contributed by atoms with Crippen LogP contribution in [0, 0.1) is 0 Å². The van der Waals surface area contributed by atoms with Gasteiger partial charge in [0.25, 0.3) is 0 Å². The van der Waals surface area contributed by atoms with Crippen LogP contribution in [-0.4, -0.2) is 25.3 Å². The molecule has 5 rings (SSSR count). The summed E-state index contributed by atoms with van der Waals surface area (Å²) < 4.78 is 17.2. The van der Waals surface area contributed by atoms with Crippen molar-refractivity contribution in [2.45, 2.75) is 13.0 Å². The zero-order valence-corrected chi connectivity index (χ0v) is 17.3. The lowest BCUT2D eigenvalue weighted by Crippen LogP contribution is -2.33. The fourth-order valence-electron chi connectivity index (χ4n) is 4.09. The lowest BCUT2D eigenvalue weighted by atomic mass is 10.0. The third kappa shape index (κ3) is 3.80. The second-order valence-corrected chi connectivity index (χ2v) is 7.66. The molecule has 5 heteroatoms. The molecule has 0 aliphatic carbocycles. The highest BCUT2D eigenvalue weighted by atomic mass is 16.5. The summed E-state index contributed by atoms with van der Waals surface area (Å²) in [5.41, 5.74) is 3.76. The smallest absolute Gasteiger partial charge is 0.344 e. The van der Waals surface area contributed by atoms with E-state index >= 15 is 0 Å². The lowest BCUT2D eigenvalue weighted by molar-refractivity contribution is 0.0966. The van der Waals surface area contributed by atoms with Crippen molar-refractivity contribution in [1.82, 2.24) is 4.90 Å². The Morgan fingerprint density at radius 3 is 2.65 bits per heavy atom. The second kappa shape index (κ2) is 8.28. The average Bonchev–Trinajstić information content (AvgIpc) is 2.83. The van der Waals surface area contributed by atoms with Crippen LogP contribution >= 0.6 is 0 Å². The van der Waals surface area contributed by atoms with E-state index in [1.807, 2.05) is 66.7 Å². The molecule has 3 aromatic carbocycles. The van der Waals surface area contributed by atoms with Gasteiger partial charge in [0.2, 0.25) is 0 Å². The molecule has 0 saturated carbocycles. The molecule has 1 aliphatic rings. The van der Waals surface area contributed by atoms with Gasteiger partial charge in [-0.1, -0.05) is 48.5 Å². The molecule has 0 saturated heterocycles. The first-order chi connectivity index (χ1) is 15.2. The molecule has 0 spiro atoms. The van der Waals surface area contributed by atoms with E-state index in [1.54, 1.807) is 7.11 Å². The quantitative estimate of drug-likeness (QED) is 0.437. The van der Waals surface area contributed by atoms with Crippen LogP contribution in [0.1, 0.15) is 11.1 Å². The number of fused-ring (bicyclic) bond motifs is 3. The molecule has 0 fully saturated rings. The normalized spacial score (nSPS) is 13.6. The predicted octanol–water partition coefficient (Wildman–Crippen LogP) is 4.86. The summed E-state index contributed by atoms with van der Waals surface area (Å²) in [7, 11) is 1.69. The number of hydrogen-bond donors (Lipinski definition) is 0. The standard InChI is InChI=1S/C26H23NO4/c1-29-23-10-6-5-9-19(23)13-14-27-16-22-24(30-17-27)12-11-20-15-21(26(28)31-25(20)22)18-7-3-2-4-8-18/h2-12,15H,13-14,16-17H2,1H3. The fourth-order valence-corrected chi connectivity index (χ4v) is 4.09. The number of methoxy groups -OCH3 is 1. The molecule has 1 aromatic heterocycles. The molecule has 31 heavy (non-hydrogen) atoms. The Hall–Kier alpha value is -3.57. The van der Waals surface area contributed by atoms with Gasteiger partial charge < -0.3 is 13.9 Å². The fraction of sp³-hybridized carbons (Fsp3) is 0.192. The molecule has 0 atom stereocenters. The minimum atomic E-state index is -0.335. The van der Waals surface area contributed by atoms with E-state index in [2.05, 4.69) is 11.0 Å². The Balaban J connectivity index is 1.43. The van der Waals surface area contributed by atoms with Gasteiger partial charge in [0.1, 0.15) is 23.8 Å². The van der Waals surface area contributed by atoms with E-state index in [-0.39, 0.29) is 5.63 Å². The van der Waals surface area contributed by atoms with Crippen molar-refractivity contribution in [3.63, 3.8) is 0 Å². The van der Waals surface area contributed by atoms with Crippen LogP contribution in [0.15, 0.2) is 82.0 Å². The van der Waals surface area contributed by atoms with Gasteiger partial charge in [-0.3, -0.25) is 4.90 Å². The van der Waals surface area contributed by atoms with Crippen LogP contribution < -0.4 is 15.1 Å². The number of ether oxygens (including phenoxy) is 2. The maximum absolute atomic E-state index is 12.7. The van der Waals surface area contributed by atoms with Gasteiger partial charge in [0, 0.05) is 18.5 Å². The van der Waals surface area contributed by atoms with E-state index in [9.17, 15) is 4.79 Å². The van der Waals surface area contributed by atoms with E-state index in [1.165, 1.54) is 0 Å². The average molecular weight is 413 g/mol. The summed E-state index contributed by atoms with van der Waals surface area (Å²) in [5, 5.41) is 0.896. The molecule has 1 aliphatic heterocycles. The molecule has 0 radical (unpaired) electrons. The summed E-state index contributed by atoms with van der Waals surface area (Å²) in [6.45, 7) is 1.97. The molecule has 0 amide bonds.